The van der Waals surface area contributed by atoms with E-state index in [1.54, 1.807) is 38.1 Å². The third kappa shape index (κ3) is 6.78. The molecule has 1 aliphatic rings. The maximum atomic E-state index is 15.7. The zero-order chi connectivity index (χ0) is 26.1. The Morgan fingerprint density at radius 3 is 2.44 bits per heavy atom. The van der Waals surface area contributed by atoms with Gasteiger partial charge in [-0.25, -0.2) is 14.0 Å². The van der Waals surface area contributed by atoms with Gasteiger partial charge in [-0.2, -0.15) is 5.26 Å². The predicted octanol–water partition coefficient (Wildman–Crippen LogP) is 4.58. The van der Waals surface area contributed by atoms with Crippen molar-refractivity contribution in [2.24, 2.45) is 5.92 Å². The zero-order valence-electron chi connectivity index (χ0n) is 20.3. The Balaban J connectivity index is 1.86. The number of carboxylic acid groups (broad SMARTS) is 1. The van der Waals surface area contributed by atoms with E-state index in [2.05, 4.69) is 5.32 Å². The van der Waals surface area contributed by atoms with Crippen LogP contribution < -0.4 is 14.8 Å². The summed E-state index contributed by atoms with van der Waals surface area (Å²) in [7, 11) is 0. The Labute approximate surface area is 209 Å². The molecule has 1 unspecified atom stereocenters. The molecule has 1 heterocycles. The molecule has 1 fully saturated rings. The number of hydrogen-bond donors (Lipinski definition) is 2. The molecule has 0 bridgehead atoms. The standard InChI is InChI=1S/C26H30FN3O6/c1-3-34-20-13-21(24(25(31)35-4-2)29-19-7-5-17(15-28)6-8-19)23(27)22(14-20)36-16-18-9-11-30(12-10-18)26(32)33/h5-8,13-14,18,24,29H,3-4,9-12,16H2,1-2H3,(H,32,33). The van der Waals surface area contributed by atoms with E-state index in [1.807, 2.05) is 6.07 Å². The first-order chi connectivity index (χ1) is 17.4. The van der Waals surface area contributed by atoms with E-state index in [-0.39, 0.29) is 30.4 Å². The second kappa shape index (κ2) is 12.6. The van der Waals surface area contributed by atoms with Crippen LogP contribution in [0.1, 0.15) is 43.9 Å². The summed E-state index contributed by atoms with van der Waals surface area (Å²) in [5.41, 5.74) is 0.947. The molecule has 10 heteroatoms. The number of nitrogens with zero attached hydrogens (tertiary/aromatic N) is 2. The van der Waals surface area contributed by atoms with Gasteiger partial charge in [0.05, 0.1) is 31.5 Å². The molecule has 0 aliphatic carbocycles. The molecule has 2 N–H and O–H groups in total. The van der Waals surface area contributed by atoms with Gasteiger partial charge in [0.15, 0.2) is 17.6 Å². The fourth-order valence-electron chi connectivity index (χ4n) is 3.95. The Hall–Kier alpha value is -4.00. The van der Waals surface area contributed by atoms with E-state index >= 15 is 4.39 Å². The molecule has 2 aromatic rings. The number of amides is 1. The fourth-order valence-corrected chi connectivity index (χ4v) is 3.95. The maximum absolute atomic E-state index is 15.7. The third-order valence-corrected chi connectivity index (χ3v) is 5.87. The number of halogens is 1. The van der Waals surface area contributed by atoms with Gasteiger partial charge < -0.3 is 29.5 Å². The number of rotatable bonds is 10. The van der Waals surface area contributed by atoms with Crippen LogP contribution in [-0.2, 0) is 9.53 Å². The molecule has 0 radical (unpaired) electrons. The molecular weight excluding hydrogens is 469 g/mol. The first-order valence-corrected chi connectivity index (χ1v) is 11.9. The van der Waals surface area contributed by atoms with Gasteiger partial charge in [0.1, 0.15) is 5.75 Å². The summed E-state index contributed by atoms with van der Waals surface area (Å²) >= 11 is 0. The van der Waals surface area contributed by atoms with Crippen LogP contribution in [0.25, 0.3) is 0 Å². The van der Waals surface area contributed by atoms with Gasteiger partial charge in [-0.05, 0) is 62.9 Å². The van der Waals surface area contributed by atoms with Gasteiger partial charge in [-0.15, -0.1) is 0 Å². The second-order valence-corrected chi connectivity index (χ2v) is 8.30. The van der Waals surface area contributed by atoms with Crippen LogP contribution in [0.2, 0.25) is 0 Å². The van der Waals surface area contributed by atoms with Crippen molar-refractivity contribution in [3.05, 3.63) is 53.3 Å². The summed E-state index contributed by atoms with van der Waals surface area (Å²) < 4.78 is 32.4. The number of anilines is 1. The van der Waals surface area contributed by atoms with Crippen LogP contribution >= 0.6 is 0 Å². The Bertz CT molecular complexity index is 1090. The third-order valence-electron chi connectivity index (χ3n) is 5.87. The summed E-state index contributed by atoms with van der Waals surface area (Å²) in [4.78, 5) is 25.3. The van der Waals surface area contributed by atoms with Crippen LogP contribution in [0.3, 0.4) is 0 Å². The molecule has 0 spiro atoms. The van der Waals surface area contributed by atoms with Crippen molar-refractivity contribution in [2.45, 2.75) is 32.7 Å². The van der Waals surface area contributed by atoms with Gasteiger partial charge in [0.2, 0.25) is 0 Å². The van der Waals surface area contributed by atoms with Crippen molar-refractivity contribution in [1.82, 2.24) is 4.90 Å². The SMILES string of the molecule is CCOC(=O)C(Nc1ccc(C#N)cc1)c1cc(OCC)cc(OCC2CCN(C(=O)O)CC2)c1F. The van der Waals surface area contributed by atoms with Crippen molar-refractivity contribution < 1.29 is 33.3 Å². The number of benzene rings is 2. The second-order valence-electron chi connectivity index (χ2n) is 8.30. The lowest BCUT2D eigenvalue weighted by atomic mass is 9.98. The van der Waals surface area contributed by atoms with E-state index in [1.165, 1.54) is 17.0 Å². The minimum atomic E-state index is -1.19. The van der Waals surface area contributed by atoms with E-state index in [0.29, 0.717) is 49.5 Å². The van der Waals surface area contributed by atoms with E-state index in [0.717, 1.165) is 0 Å². The van der Waals surface area contributed by atoms with Crippen LogP contribution in [0.15, 0.2) is 36.4 Å². The Morgan fingerprint density at radius 2 is 1.86 bits per heavy atom. The quantitative estimate of drug-likeness (QED) is 0.456. The number of nitrogens with one attached hydrogen (secondary N) is 1. The Kier molecular flexibility index (Phi) is 9.33. The average Bonchev–Trinajstić information content (AvgIpc) is 2.88. The number of carbonyl (C=O) groups excluding carboxylic acids is 1. The number of esters is 1. The minimum Gasteiger partial charge on any atom is -0.494 e. The lowest BCUT2D eigenvalue weighted by Gasteiger charge is -2.30. The molecule has 1 aliphatic heterocycles. The highest BCUT2D eigenvalue weighted by molar-refractivity contribution is 5.81. The average molecular weight is 500 g/mol. The number of carbonyl (C=O) groups is 2. The van der Waals surface area contributed by atoms with Gasteiger partial charge in [-0.1, -0.05) is 0 Å². The maximum Gasteiger partial charge on any atom is 0.407 e. The van der Waals surface area contributed by atoms with Crippen LogP contribution in [0.4, 0.5) is 14.9 Å². The molecule has 1 atom stereocenters. The predicted molar refractivity (Wildman–Crippen MR) is 130 cm³/mol. The number of likely N-dealkylation sites (tertiary alicyclic amines) is 1. The minimum absolute atomic E-state index is 0.000503. The van der Waals surface area contributed by atoms with Crippen molar-refractivity contribution in [3.63, 3.8) is 0 Å². The Morgan fingerprint density at radius 1 is 1.17 bits per heavy atom. The van der Waals surface area contributed by atoms with Crippen molar-refractivity contribution in [1.29, 1.82) is 5.26 Å². The monoisotopic (exact) mass is 499 g/mol. The smallest absolute Gasteiger partial charge is 0.407 e. The van der Waals surface area contributed by atoms with Gasteiger partial charge in [-0.3, -0.25) is 0 Å². The highest BCUT2D eigenvalue weighted by atomic mass is 19.1. The number of hydrogen-bond acceptors (Lipinski definition) is 7. The highest BCUT2D eigenvalue weighted by Crippen LogP contribution is 2.34. The first-order valence-electron chi connectivity index (χ1n) is 11.9. The molecule has 3 rings (SSSR count). The molecule has 1 saturated heterocycles. The van der Waals surface area contributed by atoms with Gasteiger partial charge >= 0.3 is 12.1 Å². The van der Waals surface area contributed by atoms with Crippen LogP contribution in [-0.4, -0.2) is 55.0 Å². The molecule has 1 amide bonds. The lowest BCUT2D eigenvalue weighted by Crippen LogP contribution is -2.38. The summed E-state index contributed by atoms with van der Waals surface area (Å²) in [6.07, 6.45) is 0.268. The van der Waals surface area contributed by atoms with E-state index < -0.39 is 23.9 Å². The summed E-state index contributed by atoms with van der Waals surface area (Å²) in [5, 5.41) is 21.1. The molecule has 9 nitrogen and oxygen atoms in total. The molecule has 36 heavy (non-hydrogen) atoms. The molecule has 0 saturated carbocycles. The van der Waals surface area contributed by atoms with Crippen molar-refractivity contribution in [3.8, 4) is 17.6 Å². The molecule has 2 aromatic carbocycles. The van der Waals surface area contributed by atoms with Crippen molar-refractivity contribution in [2.75, 3.05) is 38.2 Å². The van der Waals surface area contributed by atoms with E-state index in [9.17, 15) is 9.59 Å². The summed E-state index contributed by atoms with van der Waals surface area (Å²) in [6.45, 7) is 4.88. The first kappa shape index (κ1) is 26.6. The van der Waals surface area contributed by atoms with Gasteiger partial charge in [0.25, 0.3) is 0 Å². The zero-order valence-corrected chi connectivity index (χ0v) is 20.3. The summed E-state index contributed by atoms with van der Waals surface area (Å²) in [5.74, 6) is -1.06. The normalized spacial score (nSPS) is 14.4. The van der Waals surface area contributed by atoms with E-state index in [4.69, 9.17) is 24.6 Å². The molecule has 0 aromatic heterocycles. The van der Waals surface area contributed by atoms with Gasteiger partial charge in [0, 0.05) is 30.4 Å². The number of piperidine rings is 1. The fraction of sp³-hybridized carbons (Fsp3) is 0.423. The molecule has 192 valence electrons. The lowest BCUT2D eigenvalue weighted by molar-refractivity contribution is -0.144. The number of ether oxygens (including phenoxy) is 3. The highest BCUT2D eigenvalue weighted by Gasteiger charge is 2.29. The summed E-state index contributed by atoms with van der Waals surface area (Å²) in [6, 6.07) is 10.1. The van der Waals surface area contributed by atoms with Crippen molar-refractivity contribution >= 4 is 17.7 Å². The topological polar surface area (TPSA) is 121 Å². The van der Waals surface area contributed by atoms with Crippen LogP contribution in [0, 0.1) is 23.1 Å². The largest absolute Gasteiger partial charge is 0.494 e. The molecular formula is C26H30FN3O6. The van der Waals surface area contributed by atoms with Crippen LogP contribution in [0.5, 0.6) is 11.5 Å². The number of nitriles is 1.